The fourth-order valence-electron chi connectivity index (χ4n) is 4.32. The molecule has 0 amide bonds. The van der Waals surface area contributed by atoms with Crippen molar-refractivity contribution < 1.29 is 4.74 Å². The summed E-state index contributed by atoms with van der Waals surface area (Å²) < 4.78 is 7.09. The van der Waals surface area contributed by atoms with Crippen molar-refractivity contribution >= 4 is 23.0 Å². The Morgan fingerprint density at radius 3 is 2.76 bits per heavy atom. The minimum atomic E-state index is -0.203. The van der Waals surface area contributed by atoms with Gasteiger partial charge in [-0.25, -0.2) is 4.68 Å². The van der Waals surface area contributed by atoms with E-state index in [2.05, 4.69) is 46.5 Å². The lowest BCUT2D eigenvalue weighted by Gasteiger charge is -2.34. The minimum Gasteiger partial charge on any atom is -0.382 e. The van der Waals surface area contributed by atoms with Crippen molar-refractivity contribution in [3.8, 4) is 0 Å². The van der Waals surface area contributed by atoms with E-state index in [1.54, 1.807) is 10.9 Å². The molecule has 0 bridgehead atoms. The smallest absolute Gasteiger partial charge is 0.287 e. The maximum atomic E-state index is 12.8. The van der Waals surface area contributed by atoms with Gasteiger partial charge in [-0.15, -0.1) is 0 Å². The van der Waals surface area contributed by atoms with Gasteiger partial charge in [-0.3, -0.25) is 4.79 Å². The van der Waals surface area contributed by atoms with Crippen LogP contribution < -0.4 is 15.8 Å². The van der Waals surface area contributed by atoms with Gasteiger partial charge in [0.15, 0.2) is 0 Å². The van der Waals surface area contributed by atoms with E-state index in [4.69, 9.17) is 16.3 Å². The highest BCUT2D eigenvalue weighted by Gasteiger charge is 2.24. The first-order chi connectivity index (χ1) is 14.1. The number of rotatable bonds is 5. The van der Waals surface area contributed by atoms with Crippen molar-refractivity contribution in [3.05, 3.63) is 51.4 Å². The summed E-state index contributed by atoms with van der Waals surface area (Å²) in [5, 5.41) is 7.98. The molecule has 156 valence electrons. The molecule has 6 nitrogen and oxygen atoms in total. The van der Waals surface area contributed by atoms with Gasteiger partial charge in [-0.05, 0) is 50.2 Å². The highest BCUT2D eigenvalue weighted by Crippen LogP contribution is 2.28. The summed E-state index contributed by atoms with van der Waals surface area (Å²) in [6, 6.07) is 8.52. The number of para-hydroxylation sites is 1. The largest absolute Gasteiger partial charge is 0.382 e. The van der Waals surface area contributed by atoms with Gasteiger partial charge in [0.2, 0.25) is 0 Å². The van der Waals surface area contributed by atoms with Crippen LogP contribution in [0.25, 0.3) is 0 Å². The third-order valence-electron chi connectivity index (χ3n) is 6.05. The molecular formula is C22H29ClN4O2. The highest BCUT2D eigenvalue weighted by molar-refractivity contribution is 6.32. The zero-order chi connectivity index (χ0) is 20.2. The lowest BCUT2D eigenvalue weighted by molar-refractivity contribution is 0.0595. The predicted molar refractivity (Wildman–Crippen MR) is 117 cm³/mol. The van der Waals surface area contributed by atoms with E-state index in [0.717, 1.165) is 58.5 Å². The molecule has 7 heteroatoms. The second-order valence-corrected chi connectivity index (χ2v) is 8.47. The molecule has 1 N–H and O–H groups in total. The summed E-state index contributed by atoms with van der Waals surface area (Å²) in [5.41, 5.74) is 2.97. The number of aryl methyl sites for hydroxylation is 1. The fraction of sp³-hybridized carbons (Fsp3) is 0.545. The summed E-state index contributed by atoms with van der Waals surface area (Å²) in [4.78, 5) is 15.2. The van der Waals surface area contributed by atoms with E-state index in [0.29, 0.717) is 11.6 Å². The van der Waals surface area contributed by atoms with Crippen LogP contribution in [0.5, 0.6) is 0 Å². The van der Waals surface area contributed by atoms with Crippen LogP contribution in [-0.2, 0) is 4.74 Å². The number of nitrogens with one attached hydrogen (secondary N) is 1. The first kappa shape index (κ1) is 20.2. The molecule has 1 aromatic carbocycles. The predicted octanol–water partition coefficient (Wildman–Crippen LogP) is 3.89. The van der Waals surface area contributed by atoms with Crippen LogP contribution in [0.15, 0.2) is 35.3 Å². The molecule has 0 saturated carbocycles. The van der Waals surface area contributed by atoms with Crippen LogP contribution in [0.1, 0.15) is 37.3 Å². The Hall–Kier alpha value is -2.05. The molecule has 1 unspecified atom stereocenters. The first-order valence-electron chi connectivity index (χ1n) is 10.5. The van der Waals surface area contributed by atoms with E-state index in [-0.39, 0.29) is 16.6 Å². The lowest BCUT2D eigenvalue weighted by atomic mass is 10.0. The SMILES string of the molecule is Cc1ccccc1N1CCC(n2ncc(NCC3CCCOC3)c(Cl)c2=O)CC1. The quantitative estimate of drug-likeness (QED) is 0.801. The number of halogens is 1. The summed E-state index contributed by atoms with van der Waals surface area (Å²) in [7, 11) is 0. The number of benzene rings is 1. The van der Waals surface area contributed by atoms with Gasteiger partial charge >= 0.3 is 0 Å². The Bertz CT molecular complexity index is 887. The van der Waals surface area contributed by atoms with Crippen molar-refractivity contribution in [3.63, 3.8) is 0 Å². The van der Waals surface area contributed by atoms with Gasteiger partial charge in [0.1, 0.15) is 5.02 Å². The monoisotopic (exact) mass is 416 g/mol. The molecule has 2 aliphatic rings. The van der Waals surface area contributed by atoms with Gasteiger partial charge in [-0.1, -0.05) is 29.8 Å². The minimum absolute atomic E-state index is 0.0843. The van der Waals surface area contributed by atoms with Crippen LogP contribution in [0.2, 0.25) is 5.02 Å². The van der Waals surface area contributed by atoms with Crippen molar-refractivity contribution in [2.24, 2.45) is 5.92 Å². The van der Waals surface area contributed by atoms with Crippen LogP contribution in [-0.4, -0.2) is 42.6 Å². The Morgan fingerprint density at radius 1 is 1.24 bits per heavy atom. The summed E-state index contributed by atoms with van der Waals surface area (Å²) >= 11 is 6.40. The van der Waals surface area contributed by atoms with E-state index in [1.807, 2.05) is 0 Å². The number of hydrogen-bond acceptors (Lipinski definition) is 5. The zero-order valence-electron chi connectivity index (χ0n) is 16.9. The molecule has 3 heterocycles. The third-order valence-corrected chi connectivity index (χ3v) is 6.41. The molecule has 1 aromatic heterocycles. The molecule has 4 rings (SSSR count). The van der Waals surface area contributed by atoms with Crippen LogP contribution in [0, 0.1) is 12.8 Å². The van der Waals surface area contributed by atoms with Gasteiger partial charge in [0.05, 0.1) is 24.5 Å². The molecule has 2 aliphatic heterocycles. The second kappa shape index (κ2) is 9.18. The number of aromatic nitrogens is 2. The van der Waals surface area contributed by atoms with Crippen LogP contribution in [0.4, 0.5) is 11.4 Å². The zero-order valence-corrected chi connectivity index (χ0v) is 17.7. The molecule has 2 fully saturated rings. The number of nitrogens with zero attached hydrogens (tertiary/aromatic N) is 3. The topological polar surface area (TPSA) is 59.4 Å². The third kappa shape index (κ3) is 4.59. The number of anilines is 2. The standard InChI is InChI=1S/C22H29ClN4O2/c1-16-5-2-3-7-20(16)26-10-8-18(9-11-26)27-22(28)21(23)19(14-25-27)24-13-17-6-4-12-29-15-17/h2-3,5,7,14,17-18,24H,4,6,8-13,15H2,1H3. The average molecular weight is 417 g/mol. The maximum Gasteiger partial charge on any atom is 0.287 e. The number of hydrogen-bond donors (Lipinski definition) is 1. The molecule has 29 heavy (non-hydrogen) atoms. The normalized spacial score (nSPS) is 20.6. The van der Waals surface area contributed by atoms with Crippen LogP contribution >= 0.6 is 11.6 Å². The maximum absolute atomic E-state index is 12.8. The summed E-state index contributed by atoms with van der Waals surface area (Å²) in [6.07, 6.45) is 5.67. The molecule has 2 aromatic rings. The summed E-state index contributed by atoms with van der Waals surface area (Å²) in [5.74, 6) is 0.452. The fourth-order valence-corrected chi connectivity index (χ4v) is 4.52. The van der Waals surface area contributed by atoms with Crippen molar-refractivity contribution in [2.45, 2.75) is 38.6 Å². The van der Waals surface area contributed by atoms with Crippen molar-refractivity contribution in [2.75, 3.05) is 43.1 Å². The molecule has 0 radical (unpaired) electrons. The Balaban J connectivity index is 1.40. The van der Waals surface area contributed by atoms with Gasteiger partial charge < -0.3 is 15.0 Å². The van der Waals surface area contributed by atoms with Gasteiger partial charge in [-0.2, -0.15) is 5.10 Å². The molecule has 1 atom stereocenters. The van der Waals surface area contributed by atoms with E-state index < -0.39 is 0 Å². The van der Waals surface area contributed by atoms with Crippen molar-refractivity contribution in [1.82, 2.24) is 9.78 Å². The Labute approximate surface area is 176 Å². The first-order valence-corrected chi connectivity index (χ1v) is 10.9. The summed E-state index contributed by atoms with van der Waals surface area (Å²) in [6.45, 7) is 6.30. The molecule has 2 saturated heterocycles. The average Bonchev–Trinajstić information content (AvgIpc) is 2.76. The Morgan fingerprint density at radius 2 is 2.03 bits per heavy atom. The molecular weight excluding hydrogens is 388 g/mol. The van der Waals surface area contributed by atoms with Crippen molar-refractivity contribution in [1.29, 1.82) is 0 Å². The lowest BCUT2D eigenvalue weighted by Crippen LogP contribution is -2.39. The Kier molecular flexibility index (Phi) is 6.40. The second-order valence-electron chi connectivity index (χ2n) is 8.09. The van der Waals surface area contributed by atoms with Gasteiger partial charge in [0.25, 0.3) is 5.56 Å². The number of ether oxygens (including phenoxy) is 1. The molecule has 0 spiro atoms. The van der Waals surface area contributed by atoms with Gasteiger partial charge in [0, 0.05) is 31.9 Å². The number of piperidine rings is 1. The van der Waals surface area contributed by atoms with Crippen LogP contribution in [0.3, 0.4) is 0 Å². The van der Waals surface area contributed by atoms with E-state index in [9.17, 15) is 4.79 Å². The van der Waals surface area contributed by atoms with E-state index in [1.165, 1.54) is 11.3 Å². The molecule has 0 aliphatic carbocycles. The highest BCUT2D eigenvalue weighted by atomic mass is 35.5. The van der Waals surface area contributed by atoms with E-state index >= 15 is 0 Å².